The molecule has 1 heterocycles. The van der Waals surface area contributed by atoms with Gasteiger partial charge in [-0.25, -0.2) is 4.98 Å². The van der Waals surface area contributed by atoms with Crippen molar-refractivity contribution in [3.8, 4) is 0 Å². The summed E-state index contributed by atoms with van der Waals surface area (Å²) in [5.74, 6) is -0.0340. The molecule has 0 N–H and O–H groups in total. The maximum atomic E-state index is 12.4. The zero-order chi connectivity index (χ0) is 18.0. The minimum atomic E-state index is -0.593. The van der Waals surface area contributed by atoms with Crippen molar-refractivity contribution >= 4 is 29.1 Å². The molecule has 0 saturated heterocycles. The number of aromatic nitrogens is 2. The van der Waals surface area contributed by atoms with Crippen LogP contribution < -0.4 is 4.90 Å². The Morgan fingerprint density at radius 2 is 2.16 bits per heavy atom. The largest absolute Gasteiger partial charge is 0.466 e. The highest BCUT2D eigenvalue weighted by Gasteiger charge is 2.53. The van der Waals surface area contributed by atoms with Crippen molar-refractivity contribution in [1.82, 2.24) is 9.97 Å². The average molecular weight is 369 g/mol. The summed E-state index contributed by atoms with van der Waals surface area (Å²) in [6, 6.07) is 0.108. The molecule has 2 aliphatic rings. The predicted molar refractivity (Wildman–Crippen MR) is 91.6 cm³/mol. The van der Waals surface area contributed by atoms with Crippen LogP contribution in [0.15, 0.2) is 6.20 Å². The van der Waals surface area contributed by atoms with Crippen LogP contribution in [0.2, 0.25) is 5.28 Å². The molecule has 1 aromatic heterocycles. The van der Waals surface area contributed by atoms with E-state index in [1.54, 1.807) is 6.92 Å². The minimum Gasteiger partial charge on any atom is -0.466 e. The molecule has 0 radical (unpaired) electrons. The van der Waals surface area contributed by atoms with Crippen molar-refractivity contribution in [2.24, 2.45) is 5.41 Å². The highest BCUT2D eigenvalue weighted by molar-refractivity contribution is 6.28. The first-order valence-electron chi connectivity index (χ1n) is 8.57. The lowest BCUT2D eigenvalue weighted by atomic mass is 10.0. The van der Waals surface area contributed by atoms with Crippen molar-refractivity contribution in [3.63, 3.8) is 0 Å². The summed E-state index contributed by atoms with van der Waals surface area (Å²) >= 11 is 5.91. The second-order valence-electron chi connectivity index (χ2n) is 6.67. The molecule has 0 bridgehead atoms. The summed E-state index contributed by atoms with van der Waals surface area (Å²) in [5.41, 5.74) is -0.778. The molecule has 2 aliphatic carbocycles. The first-order valence-corrected chi connectivity index (χ1v) is 8.95. The smallest absolute Gasteiger partial charge is 0.329 e. The van der Waals surface area contributed by atoms with E-state index in [0.29, 0.717) is 13.2 Å². The summed E-state index contributed by atoms with van der Waals surface area (Å²) < 4.78 is 5.21. The molecule has 0 atom stereocenters. The molecule has 0 amide bonds. The molecule has 1 aromatic rings. The third-order valence-electron chi connectivity index (χ3n) is 4.99. The number of nitrogens with zero attached hydrogens (tertiary/aromatic N) is 4. The van der Waals surface area contributed by atoms with Gasteiger partial charge in [0, 0.05) is 12.6 Å². The lowest BCUT2D eigenvalue weighted by Gasteiger charge is -2.32. The number of halogens is 1. The Bertz CT molecular complexity index is 674. The van der Waals surface area contributed by atoms with Crippen molar-refractivity contribution in [2.45, 2.75) is 51.5 Å². The lowest BCUT2D eigenvalue weighted by Crippen LogP contribution is -2.42. The zero-order valence-corrected chi connectivity index (χ0v) is 14.9. The van der Waals surface area contributed by atoms with E-state index in [-0.39, 0.29) is 28.8 Å². The molecule has 136 valence electrons. The fraction of sp³-hybridized carbons (Fsp3) is 0.688. The molecule has 3 rings (SSSR count). The van der Waals surface area contributed by atoms with E-state index in [1.165, 1.54) is 0 Å². The van der Waals surface area contributed by atoms with Gasteiger partial charge in [-0.1, -0.05) is 12.8 Å². The van der Waals surface area contributed by atoms with Crippen molar-refractivity contribution in [2.75, 3.05) is 18.1 Å². The Morgan fingerprint density at radius 1 is 1.48 bits per heavy atom. The van der Waals surface area contributed by atoms with Crippen LogP contribution in [0.1, 0.15) is 45.4 Å². The van der Waals surface area contributed by atoms with Crippen molar-refractivity contribution in [1.29, 1.82) is 0 Å². The molecular weight excluding hydrogens is 348 g/mol. The molecule has 25 heavy (non-hydrogen) atoms. The van der Waals surface area contributed by atoms with Crippen LogP contribution in [0.5, 0.6) is 0 Å². The molecule has 2 saturated carbocycles. The van der Waals surface area contributed by atoms with Gasteiger partial charge in [-0.2, -0.15) is 4.98 Å². The molecule has 2 fully saturated rings. The Morgan fingerprint density at radius 3 is 2.72 bits per heavy atom. The third kappa shape index (κ3) is 3.68. The monoisotopic (exact) mass is 368 g/mol. The highest BCUT2D eigenvalue weighted by atomic mass is 35.5. The normalized spacial score (nSPS) is 18.8. The van der Waals surface area contributed by atoms with Gasteiger partial charge < -0.3 is 9.64 Å². The van der Waals surface area contributed by atoms with Gasteiger partial charge >= 0.3 is 11.7 Å². The van der Waals surface area contributed by atoms with E-state index >= 15 is 0 Å². The van der Waals surface area contributed by atoms with Gasteiger partial charge in [0.2, 0.25) is 11.1 Å². The highest BCUT2D eigenvalue weighted by Crippen LogP contribution is 2.49. The number of ether oxygens (including phenoxy) is 1. The van der Waals surface area contributed by atoms with Crippen molar-refractivity contribution < 1.29 is 14.5 Å². The summed E-state index contributed by atoms with van der Waals surface area (Å²) in [7, 11) is 0. The summed E-state index contributed by atoms with van der Waals surface area (Å²) in [4.78, 5) is 33.1. The number of hydrogen-bond acceptors (Lipinski definition) is 7. The SMILES string of the molecule is CCOC(=O)C1(CN(c2nc(Cl)ncc2[N+](=O)[O-])C2CCCC2)CC1. The van der Waals surface area contributed by atoms with E-state index in [4.69, 9.17) is 16.3 Å². The van der Waals surface area contributed by atoms with E-state index in [9.17, 15) is 14.9 Å². The van der Waals surface area contributed by atoms with E-state index < -0.39 is 10.3 Å². The number of hydrogen-bond donors (Lipinski definition) is 0. The van der Waals surface area contributed by atoms with Crippen LogP contribution in [0, 0.1) is 15.5 Å². The standard InChI is InChI=1S/C16H21ClN4O4/c1-2-25-14(22)16(7-8-16)10-20(11-5-3-4-6-11)13-12(21(23)24)9-18-15(17)19-13/h9,11H,2-8,10H2,1H3. The van der Waals surface area contributed by atoms with Crippen molar-refractivity contribution in [3.05, 3.63) is 21.6 Å². The van der Waals surface area contributed by atoms with Gasteiger partial charge in [-0.15, -0.1) is 0 Å². The molecular formula is C16H21ClN4O4. The predicted octanol–water partition coefficient (Wildman–Crippen LogP) is 3.13. The summed E-state index contributed by atoms with van der Waals surface area (Å²) in [6.07, 6.45) is 6.52. The molecule has 9 heteroatoms. The van der Waals surface area contributed by atoms with Gasteiger partial charge in [-0.3, -0.25) is 14.9 Å². The molecule has 0 unspecified atom stereocenters. The average Bonchev–Trinajstić information content (AvgIpc) is 3.16. The van der Waals surface area contributed by atoms with Crippen LogP contribution in [-0.2, 0) is 9.53 Å². The lowest BCUT2D eigenvalue weighted by molar-refractivity contribution is -0.384. The van der Waals surface area contributed by atoms with Crippen LogP contribution in [-0.4, -0.2) is 40.1 Å². The fourth-order valence-electron chi connectivity index (χ4n) is 3.47. The number of rotatable bonds is 7. The van der Waals surface area contributed by atoms with E-state index in [0.717, 1.165) is 44.7 Å². The molecule has 8 nitrogen and oxygen atoms in total. The van der Waals surface area contributed by atoms with E-state index in [1.807, 2.05) is 4.90 Å². The Balaban J connectivity index is 1.95. The number of anilines is 1. The van der Waals surface area contributed by atoms with Crippen LogP contribution in [0.4, 0.5) is 11.5 Å². The Hall–Kier alpha value is -1.96. The first kappa shape index (κ1) is 17.8. The number of carbonyl (C=O) groups is 1. The summed E-state index contributed by atoms with van der Waals surface area (Å²) in [5, 5.41) is 11.4. The Labute approximate surface area is 150 Å². The van der Waals surface area contributed by atoms with Gasteiger partial charge in [0.05, 0.1) is 16.9 Å². The van der Waals surface area contributed by atoms with Gasteiger partial charge in [0.25, 0.3) is 0 Å². The Kier molecular flexibility index (Phi) is 5.08. The first-order chi connectivity index (χ1) is 12.0. The van der Waals surface area contributed by atoms with Crippen LogP contribution in [0.3, 0.4) is 0 Å². The fourth-order valence-corrected chi connectivity index (χ4v) is 3.60. The molecule has 0 aliphatic heterocycles. The quantitative estimate of drug-likeness (QED) is 0.315. The summed E-state index contributed by atoms with van der Waals surface area (Å²) in [6.45, 7) is 2.46. The number of carbonyl (C=O) groups excluding carboxylic acids is 1. The van der Waals surface area contributed by atoms with Crippen LogP contribution >= 0.6 is 11.6 Å². The van der Waals surface area contributed by atoms with E-state index in [2.05, 4.69) is 9.97 Å². The van der Waals surface area contributed by atoms with Crippen LogP contribution in [0.25, 0.3) is 0 Å². The number of esters is 1. The minimum absolute atomic E-state index is 0.0374. The van der Waals surface area contributed by atoms with Gasteiger partial charge in [0.15, 0.2) is 0 Å². The second-order valence-corrected chi connectivity index (χ2v) is 7.01. The topological polar surface area (TPSA) is 98.5 Å². The molecule has 0 spiro atoms. The zero-order valence-electron chi connectivity index (χ0n) is 14.1. The third-order valence-corrected chi connectivity index (χ3v) is 5.17. The van der Waals surface area contributed by atoms with Gasteiger partial charge in [0.1, 0.15) is 6.20 Å². The molecule has 0 aromatic carbocycles. The maximum Gasteiger partial charge on any atom is 0.329 e. The second kappa shape index (κ2) is 7.11. The number of nitro groups is 1. The maximum absolute atomic E-state index is 12.4. The van der Waals surface area contributed by atoms with Gasteiger partial charge in [-0.05, 0) is 44.2 Å².